The number of carbonyl (C=O) groups is 1. The van der Waals surface area contributed by atoms with Crippen LogP contribution in [0.3, 0.4) is 0 Å². The van der Waals surface area contributed by atoms with E-state index in [1.807, 2.05) is 24.3 Å². The minimum Gasteiger partial charge on any atom is -0.494 e. The number of aliphatic carboxylic acids is 1. The molecule has 4 rings (SSSR count). The van der Waals surface area contributed by atoms with Gasteiger partial charge in [0.25, 0.3) is 0 Å². The first kappa shape index (κ1) is 18.0. The van der Waals surface area contributed by atoms with Crippen LogP contribution in [-0.2, 0) is 24.1 Å². The van der Waals surface area contributed by atoms with Crippen LogP contribution >= 0.6 is 11.3 Å². The molecule has 1 aliphatic carbocycles. The van der Waals surface area contributed by atoms with E-state index >= 15 is 0 Å². The smallest absolute Gasteiger partial charge is 0.309 e. The summed E-state index contributed by atoms with van der Waals surface area (Å²) in [5.41, 5.74) is 3.74. The van der Waals surface area contributed by atoms with Gasteiger partial charge in [-0.25, -0.2) is 4.98 Å². The van der Waals surface area contributed by atoms with Crippen LogP contribution < -0.4 is 4.74 Å². The molecule has 2 heterocycles. The number of rotatable bonds is 6. The Balaban J connectivity index is 1.78. The number of hydrogen-bond acceptors (Lipinski definition) is 4. The fourth-order valence-electron chi connectivity index (χ4n) is 3.75. The molecule has 1 unspecified atom stereocenters. The lowest BCUT2D eigenvalue weighted by molar-refractivity contribution is -0.136. The van der Waals surface area contributed by atoms with Gasteiger partial charge < -0.3 is 9.84 Å². The van der Waals surface area contributed by atoms with E-state index in [0.29, 0.717) is 12.5 Å². The SMILES string of the molecule is CCCOc1ccc(-c2nc3sc4c(n3c2CC(=O)O)CCC(C)C4)cc1. The molecule has 0 fully saturated rings. The van der Waals surface area contributed by atoms with E-state index in [9.17, 15) is 9.90 Å². The second-order valence-corrected chi connectivity index (χ2v) is 8.35. The van der Waals surface area contributed by atoms with Crippen LogP contribution in [0, 0.1) is 5.92 Å². The lowest BCUT2D eigenvalue weighted by atomic mass is 9.93. The van der Waals surface area contributed by atoms with Gasteiger partial charge in [-0.3, -0.25) is 9.20 Å². The first-order valence-electron chi connectivity index (χ1n) is 9.53. The van der Waals surface area contributed by atoms with Gasteiger partial charge in [-0.2, -0.15) is 0 Å². The molecule has 0 spiro atoms. The van der Waals surface area contributed by atoms with E-state index in [0.717, 1.165) is 53.3 Å². The summed E-state index contributed by atoms with van der Waals surface area (Å²) in [7, 11) is 0. The quantitative estimate of drug-likeness (QED) is 0.674. The Hall–Kier alpha value is -2.34. The molecule has 1 aromatic carbocycles. The number of imidazole rings is 1. The summed E-state index contributed by atoms with van der Waals surface area (Å²) in [5.74, 6) is 0.678. The second-order valence-electron chi connectivity index (χ2n) is 7.29. The van der Waals surface area contributed by atoms with Crippen LogP contribution in [0.2, 0.25) is 0 Å². The van der Waals surface area contributed by atoms with E-state index in [1.54, 1.807) is 11.3 Å². The number of aromatic nitrogens is 2. The molecule has 2 aromatic heterocycles. The first-order chi connectivity index (χ1) is 13.1. The number of benzene rings is 1. The molecular formula is C21H24N2O3S. The van der Waals surface area contributed by atoms with Gasteiger partial charge in [0.2, 0.25) is 0 Å². The summed E-state index contributed by atoms with van der Waals surface area (Å²) in [6.45, 7) is 5.04. The Morgan fingerprint density at radius 3 is 2.85 bits per heavy atom. The molecule has 1 atom stereocenters. The van der Waals surface area contributed by atoms with Crippen LogP contribution in [0.1, 0.15) is 43.0 Å². The number of ether oxygens (including phenoxy) is 1. The largest absolute Gasteiger partial charge is 0.494 e. The summed E-state index contributed by atoms with van der Waals surface area (Å²) in [4.78, 5) is 18.7. The van der Waals surface area contributed by atoms with Crippen LogP contribution in [0.4, 0.5) is 0 Å². The third kappa shape index (κ3) is 3.46. The van der Waals surface area contributed by atoms with Crippen molar-refractivity contribution in [3.8, 4) is 17.0 Å². The fourth-order valence-corrected chi connectivity index (χ4v) is 5.10. The molecule has 6 heteroatoms. The number of carboxylic acids is 1. The Kier molecular flexibility index (Phi) is 4.91. The van der Waals surface area contributed by atoms with Crippen molar-refractivity contribution in [2.45, 2.75) is 46.0 Å². The summed E-state index contributed by atoms with van der Waals surface area (Å²) in [6, 6.07) is 7.80. The molecule has 27 heavy (non-hydrogen) atoms. The van der Waals surface area contributed by atoms with Gasteiger partial charge in [-0.15, -0.1) is 11.3 Å². The molecule has 0 bridgehead atoms. The van der Waals surface area contributed by atoms with Crippen molar-refractivity contribution in [3.63, 3.8) is 0 Å². The Bertz CT molecular complexity index is 972. The monoisotopic (exact) mass is 384 g/mol. The minimum absolute atomic E-state index is 0.0245. The van der Waals surface area contributed by atoms with Gasteiger partial charge in [0, 0.05) is 16.1 Å². The highest BCUT2D eigenvalue weighted by Crippen LogP contribution is 2.37. The van der Waals surface area contributed by atoms with E-state index in [2.05, 4.69) is 18.2 Å². The van der Waals surface area contributed by atoms with E-state index < -0.39 is 5.97 Å². The van der Waals surface area contributed by atoms with E-state index in [-0.39, 0.29) is 6.42 Å². The Labute approximate surface area is 162 Å². The number of aryl methyl sites for hydroxylation is 1. The maximum atomic E-state index is 11.6. The predicted octanol–water partition coefficient (Wildman–Crippen LogP) is 4.60. The average molecular weight is 385 g/mol. The van der Waals surface area contributed by atoms with Crippen molar-refractivity contribution >= 4 is 22.3 Å². The summed E-state index contributed by atoms with van der Waals surface area (Å²) in [5, 5.41) is 9.48. The minimum atomic E-state index is -0.829. The van der Waals surface area contributed by atoms with Crippen LogP contribution in [0.25, 0.3) is 16.2 Å². The molecule has 0 radical (unpaired) electrons. The Morgan fingerprint density at radius 2 is 2.15 bits per heavy atom. The number of nitrogens with zero attached hydrogens (tertiary/aromatic N) is 2. The average Bonchev–Trinajstić information content (AvgIpc) is 3.16. The normalized spacial score (nSPS) is 16.4. The molecule has 0 amide bonds. The molecule has 3 aromatic rings. The van der Waals surface area contributed by atoms with Gasteiger partial charge in [0.15, 0.2) is 4.96 Å². The van der Waals surface area contributed by atoms with Crippen LogP contribution in [-0.4, -0.2) is 27.1 Å². The molecule has 1 aliphatic rings. The van der Waals surface area contributed by atoms with Crippen molar-refractivity contribution in [2.75, 3.05) is 6.61 Å². The molecule has 1 N–H and O–H groups in total. The summed E-state index contributed by atoms with van der Waals surface area (Å²) >= 11 is 1.71. The first-order valence-corrected chi connectivity index (χ1v) is 10.3. The molecule has 5 nitrogen and oxygen atoms in total. The van der Waals surface area contributed by atoms with Gasteiger partial charge in [-0.05, 0) is 55.9 Å². The maximum absolute atomic E-state index is 11.6. The third-order valence-electron chi connectivity index (χ3n) is 5.08. The van der Waals surface area contributed by atoms with E-state index in [1.165, 1.54) is 10.6 Å². The zero-order valence-electron chi connectivity index (χ0n) is 15.7. The van der Waals surface area contributed by atoms with Crippen molar-refractivity contribution in [1.29, 1.82) is 0 Å². The molecular weight excluding hydrogens is 360 g/mol. The maximum Gasteiger partial charge on any atom is 0.309 e. The summed E-state index contributed by atoms with van der Waals surface area (Å²) in [6.07, 6.45) is 4.13. The van der Waals surface area contributed by atoms with Gasteiger partial charge in [0.05, 0.1) is 24.4 Å². The number of thiazole rings is 1. The van der Waals surface area contributed by atoms with E-state index in [4.69, 9.17) is 9.72 Å². The van der Waals surface area contributed by atoms with Crippen molar-refractivity contribution < 1.29 is 14.6 Å². The Morgan fingerprint density at radius 1 is 1.37 bits per heavy atom. The molecule has 0 aliphatic heterocycles. The highest BCUT2D eigenvalue weighted by atomic mass is 32.1. The zero-order chi connectivity index (χ0) is 19.0. The highest BCUT2D eigenvalue weighted by Gasteiger charge is 2.26. The zero-order valence-corrected chi connectivity index (χ0v) is 16.5. The van der Waals surface area contributed by atoms with Crippen molar-refractivity contribution in [1.82, 2.24) is 9.38 Å². The molecule has 0 saturated heterocycles. The molecule has 0 saturated carbocycles. The lowest BCUT2D eigenvalue weighted by Gasteiger charge is -2.18. The van der Waals surface area contributed by atoms with Crippen LogP contribution in [0.5, 0.6) is 5.75 Å². The number of hydrogen-bond donors (Lipinski definition) is 1. The van der Waals surface area contributed by atoms with Crippen molar-refractivity contribution in [2.24, 2.45) is 5.92 Å². The van der Waals surface area contributed by atoms with Gasteiger partial charge >= 0.3 is 5.97 Å². The van der Waals surface area contributed by atoms with Crippen molar-refractivity contribution in [3.05, 3.63) is 40.5 Å². The second kappa shape index (κ2) is 7.35. The topological polar surface area (TPSA) is 63.8 Å². The summed E-state index contributed by atoms with van der Waals surface area (Å²) < 4.78 is 7.76. The number of carboxylic acid groups (broad SMARTS) is 1. The van der Waals surface area contributed by atoms with Gasteiger partial charge in [0.1, 0.15) is 5.75 Å². The highest BCUT2D eigenvalue weighted by molar-refractivity contribution is 7.17. The third-order valence-corrected chi connectivity index (χ3v) is 6.18. The van der Waals surface area contributed by atoms with Crippen LogP contribution in [0.15, 0.2) is 24.3 Å². The van der Waals surface area contributed by atoms with Gasteiger partial charge in [-0.1, -0.05) is 13.8 Å². The fraction of sp³-hybridized carbons (Fsp3) is 0.429. The predicted molar refractivity (Wildman–Crippen MR) is 107 cm³/mol. The number of fused-ring (bicyclic) bond motifs is 3. The lowest BCUT2D eigenvalue weighted by Crippen LogP contribution is -2.13. The standard InChI is InChI=1S/C21H24N2O3S/c1-3-10-26-15-7-5-14(6-8-15)20-17(12-19(24)25)23-16-9-4-13(2)11-18(16)27-21(23)22-20/h5-8,13H,3-4,9-12H2,1-2H3,(H,24,25). The molecule has 142 valence electrons.